The molecule has 1 unspecified atom stereocenters. The van der Waals surface area contributed by atoms with Gasteiger partial charge in [-0.1, -0.05) is 12.1 Å². The van der Waals surface area contributed by atoms with Crippen LogP contribution in [0.1, 0.15) is 41.5 Å². The normalized spacial score (nSPS) is 15.5. The fourth-order valence-electron chi connectivity index (χ4n) is 4.52. The highest BCUT2D eigenvalue weighted by atomic mass is 32.2. The number of aryl methyl sites for hydroxylation is 1. The van der Waals surface area contributed by atoms with E-state index in [4.69, 9.17) is 4.74 Å². The number of carbonyl (C=O) groups excluding carboxylic acids is 1. The van der Waals surface area contributed by atoms with Crippen LogP contribution < -0.4 is 14.8 Å². The van der Waals surface area contributed by atoms with E-state index in [1.165, 1.54) is 66.3 Å². The molecule has 1 saturated carbocycles. The van der Waals surface area contributed by atoms with Crippen molar-refractivity contribution >= 4 is 32.7 Å². The van der Waals surface area contributed by atoms with E-state index in [1.807, 2.05) is 0 Å². The zero-order chi connectivity index (χ0) is 29.6. The van der Waals surface area contributed by atoms with Crippen LogP contribution in [0, 0.1) is 0 Å². The number of fused-ring (bicyclic) bond motifs is 1. The van der Waals surface area contributed by atoms with Crippen molar-refractivity contribution in [3.05, 3.63) is 83.7 Å². The first-order valence-corrected chi connectivity index (χ1v) is 14.2. The molecule has 1 aliphatic rings. The van der Waals surface area contributed by atoms with Gasteiger partial charge in [0.2, 0.25) is 15.6 Å². The molecule has 0 radical (unpaired) electrons. The van der Waals surface area contributed by atoms with Gasteiger partial charge in [0.15, 0.2) is 5.82 Å². The largest absolute Gasteiger partial charge is 0.497 e. The number of carbonyl (C=O) groups is 1. The van der Waals surface area contributed by atoms with Crippen molar-refractivity contribution in [2.75, 3.05) is 12.4 Å². The lowest BCUT2D eigenvalue weighted by molar-refractivity contribution is -0.252. The summed E-state index contributed by atoms with van der Waals surface area (Å²) >= 11 is 0. The molecule has 1 fully saturated rings. The fourth-order valence-corrected chi connectivity index (χ4v) is 5.83. The molecule has 3 aromatic carbocycles. The minimum Gasteiger partial charge on any atom is -0.497 e. The Morgan fingerprint density at radius 3 is 2.29 bits per heavy atom. The van der Waals surface area contributed by atoms with E-state index < -0.39 is 39.1 Å². The van der Waals surface area contributed by atoms with Crippen molar-refractivity contribution in [2.24, 2.45) is 0 Å². The van der Waals surface area contributed by atoms with E-state index in [-0.39, 0.29) is 34.1 Å². The number of amides is 1. The maximum atomic E-state index is 14.5. The number of halogens is 3. The zero-order valence-electron chi connectivity index (χ0n) is 22.1. The highest BCUT2D eigenvalue weighted by Crippen LogP contribution is 2.45. The first kappa shape index (κ1) is 28.6. The van der Waals surface area contributed by atoms with Crippen LogP contribution in [0.3, 0.4) is 0 Å². The molecular weight excluding hydrogens is 561 g/mol. The smallest absolute Gasteiger partial charge is 0.428 e. The number of benzene rings is 3. The molecule has 1 atom stereocenters. The number of aromatic nitrogens is 2. The van der Waals surface area contributed by atoms with Gasteiger partial charge in [-0.05, 0) is 74.4 Å². The maximum Gasteiger partial charge on any atom is 0.428 e. The van der Waals surface area contributed by atoms with Gasteiger partial charge in [0.25, 0.3) is 5.91 Å². The van der Waals surface area contributed by atoms with Crippen LogP contribution in [0.4, 0.5) is 18.9 Å². The lowest BCUT2D eigenvalue weighted by Crippen LogP contribution is -2.45. The molecule has 0 spiro atoms. The Bertz CT molecular complexity index is 1700. The molecule has 41 heavy (non-hydrogen) atoms. The summed E-state index contributed by atoms with van der Waals surface area (Å²) in [5.74, 6) is -0.879. The molecule has 0 aliphatic heterocycles. The summed E-state index contributed by atoms with van der Waals surface area (Å²) in [5.41, 5.74) is -3.03. The summed E-state index contributed by atoms with van der Waals surface area (Å²) in [6, 6.07) is 14.7. The van der Waals surface area contributed by atoms with E-state index in [2.05, 4.69) is 15.0 Å². The molecular formula is C28H27F3N4O5S. The summed E-state index contributed by atoms with van der Waals surface area (Å²) in [7, 11) is -2.27. The second-order valence-corrected chi connectivity index (χ2v) is 11.4. The molecule has 1 aromatic heterocycles. The second kappa shape index (κ2) is 10.5. The molecule has 216 valence electrons. The topological polar surface area (TPSA) is 123 Å². The first-order valence-electron chi connectivity index (χ1n) is 12.8. The number of anilines is 1. The molecule has 13 heteroatoms. The summed E-state index contributed by atoms with van der Waals surface area (Å²) in [6.45, 7) is 1.63. The van der Waals surface area contributed by atoms with Crippen LogP contribution in [0.2, 0.25) is 0 Å². The standard InChI is InChI=1S/C28H27F3N4O5S/c1-3-35-24-16-17(25(36)32-19-9-13-22(14-10-19)41(38,39)34-20-7-8-20)4-15-23(24)33-26(35)27(37,28(29,30)31)18-5-11-21(40-2)12-6-18/h4-6,9-16,20,34,37H,3,7-8H2,1-2H3,(H,32,36). The molecule has 4 aromatic rings. The summed E-state index contributed by atoms with van der Waals surface area (Å²) in [6.07, 6.45) is -3.52. The van der Waals surface area contributed by atoms with Crippen LogP contribution >= 0.6 is 0 Å². The number of imidazole rings is 1. The Hall–Kier alpha value is -3.94. The monoisotopic (exact) mass is 588 g/mol. The molecule has 9 nitrogen and oxygen atoms in total. The number of hydrogen-bond donors (Lipinski definition) is 3. The number of sulfonamides is 1. The molecule has 1 aliphatic carbocycles. The van der Waals surface area contributed by atoms with Gasteiger partial charge in [0, 0.05) is 29.4 Å². The predicted octanol–water partition coefficient (Wildman–Crippen LogP) is 4.56. The van der Waals surface area contributed by atoms with Gasteiger partial charge in [0.05, 0.1) is 23.0 Å². The van der Waals surface area contributed by atoms with Crippen molar-refractivity contribution < 1.29 is 36.2 Å². The number of hydrogen-bond acceptors (Lipinski definition) is 6. The third-order valence-corrected chi connectivity index (χ3v) is 8.43. The molecule has 3 N–H and O–H groups in total. The van der Waals surface area contributed by atoms with Crippen LogP contribution in [0.25, 0.3) is 11.0 Å². The Kier molecular flexibility index (Phi) is 7.30. The number of rotatable bonds is 9. The lowest BCUT2D eigenvalue weighted by Gasteiger charge is -2.31. The summed E-state index contributed by atoms with van der Waals surface area (Å²) in [5, 5.41) is 13.9. The van der Waals surface area contributed by atoms with Gasteiger partial charge in [-0.3, -0.25) is 4.79 Å². The van der Waals surface area contributed by atoms with Crippen molar-refractivity contribution in [1.82, 2.24) is 14.3 Å². The Morgan fingerprint density at radius 2 is 1.73 bits per heavy atom. The van der Waals surface area contributed by atoms with Crippen LogP contribution in [0.5, 0.6) is 5.75 Å². The third-order valence-electron chi connectivity index (χ3n) is 6.89. The number of nitrogens with zero attached hydrogens (tertiary/aromatic N) is 2. The van der Waals surface area contributed by atoms with E-state index >= 15 is 0 Å². The highest BCUT2D eigenvalue weighted by Gasteiger charge is 2.59. The summed E-state index contributed by atoms with van der Waals surface area (Å²) in [4.78, 5) is 17.2. The lowest BCUT2D eigenvalue weighted by atomic mass is 9.92. The van der Waals surface area contributed by atoms with Crippen LogP contribution in [-0.2, 0) is 22.2 Å². The van der Waals surface area contributed by atoms with E-state index in [9.17, 15) is 31.5 Å². The molecule has 0 bridgehead atoms. The summed E-state index contributed by atoms with van der Waals surface area (Å²) < 4.78 is 77.0. The SMILES string of the molecule is CCn1c(C(O)(c2ccc(OC)cc2)C(F)(F)F)nc2ccc(C(=O)Nc3ccc(S(=O)(=O)NC4CC4)cc3)cc21. The minimum atomic E-state index is -5.12. The minimum absolute atomic E-state index is 0.0241. The second-order valence-electron chi connectivity index (χ2n) is 9.69. The molecule has 5 rings (SSSR count). The van der Waals surface area contributed by atoms with Gasteiger partial charge in [0.1, 0.15) is 5.75 Å². The predicted molar refractivity (Wildman–Crippen MR) is 145 cm³/mol. The van der Waals surface area contributed by atoms with Crippen LogP contribution in [-0.4, -0.2) is 48.3 Å². The van der Waals surface area contributed by atoms with E-state index in [0.29, 0.717) is 11.4 Å². The van der Waals surface area contributed by atoms with Crippen molar-refractivity contribution in [3.8, 4) is 5.75 Å². The zero-order valence-corrected chi connectivity index (χ0v) is 22.9. The average molecular weight is 589 g/mol. The van der Waals surface area contributed by atoms with Gasteiger partial charge in [-0.15, -0.1) is 0 Å². The first-order chi connectivity index (χ1) is 19.4. The highest BCUT2D eigenvalue weighted by molar-refractivity contribution is 7.89. The number of methoxy groups -OCH3 is 1. The van der Waals surface area contributed by atoms with Gasteiger partial charge < -0.3 is 19.7 Å². The number of aliphatic hydroxyl groups is 1. The Labute approximate surface area is 234 Å². The Balaban J connectivity index is 1.46. The van der Waals surface area contributed by atoms with Crippen molar-refractivity contribution in [3.63, 3.8) is 0 Å². The third kappa shape index (κ3) is 5.39. The Morgan fingerprint density at radius 1 is 1.07 bits per heavy atom. The van der Waals surface area contributed by atoms with Gasteiger partial charge >= 0.3 is 6.18 Å². The van der Waals surface area contributed by atoms with Crippen molar-refractivity contribution in [1.29, 1.82) is 0 Å². The average Bonchev–Trinajstić information content (AvgIpc) is 3.67. The maximum absolute atomic E-state index is 14.5. The number of ether oxygens (including phenoxy) is 1. The van der Waals surface area contributed by atoms with E-state index in [1.54, 1.807) is 6.92 Å². The van der Waals surface area contributed by atoms with Gasteiger partial charge in [-0.25, -0.2) is 18.1 Å². The number of nitrogens with one attached hydrogen (secondary N) is 2. The van der Waals surface area contributed by atoms with E-state index in [0.717, 1.165) is 25.0 Å². The van der Waals surface area contributed by atoms with Crippen molar-refractivity contribution in [2.45, 2.75) is 49.0 Å². The molecule has 1 heterocycles. The quantitative estimate of drug-likeness (QED) is 0.264. The number of alkyl halides is 3. The molecule has 1 amide bonds. The fraction of sp³-hybridized carbons (Fsp3) is 0.286. The molecule has 0 saturated heterocycles. The van der Waals surface area contributed by atoms with Crippen LogP contribution in [0.15, 0.2) is 71.6 Å². The van der Waals surface area contributed by atoms with Gasteiger partial charge in [-0.2, -0.15) is 13.2 Å².